The molecule has 1 atom stereocenters. The summed E-state index contributed by atoms with van der Waals surface area (Å²) >= 11 is 0. The van der Waals surface area contributed by atoms with Gasteiger partial charge in [-0.05, 0) is 36.1 Å². The lowest BCUT2D eigenvalue weighted by Gasteiger charge is -2.24. The lowest BCUT2D eigenvalue weighted by atomic mass is 9.90. The highest BCUT2D eigenvalue weighted by Crippen LogP contribution is 2.17. The van der Waals surface area contributed by atoms with E-state index in [1.807, 2.05) is 6.07 Å². The minimum absolute atomic E-state index is 0.00243. The van der Waals surface area contributed by atoms with Gasteiger partial charge in [-0.15, -0.1) is 0 Å². The van der Waals surface area contributed by atoms with Crippen molar-refractivity contribution in [2.45, 2.75) is 26.4 Å². The van der Waals surface area contributed by atoms with Crippen molar-refractivity contribution in [3.8, 4) is 11.8 Å². The molecule has 0 amide bonds. The van der Waals surface area contributed by atoms with Gasteiger partial charge in [-0.1, -0.05) is 13.8 Å². The second-order valence-corrected chi connectivity index (χ2v) is 5.87. The van der Waals surface area contributed by atoms with Gasteiger partial charge in [0.25, 0.3) is 0 Å². The molecule has 116 valence electrons. The van der Waals surface area contributed by atoms with Crippen LogP contribution in [0.4, 0.5) is 0 Å². The van der Waals surface area contributed by atoms with Crippen molar-refractivity contribution < 1.29 is 14.9 Å². The van der Waals surface area contributed by atoms with Gasteiger partial charge in [-0.3, -0.25) is 0 Å². The molecule has 0 fully saturated rings. The Morgan fingerprint density at radius 2 is 2.00 bits per heavy atom. The van der Waals surface area contributed by atoms with Crippen molar-refractivity contribution in [2.75, 3.05) is 26.3 Å². The van der Waals surface area contributed by atoms with Crippen LogP contribution in [0.5, 0.6) is 5.75 Å². The summed E-state index contributed by atoms with van der Waals surface area (Å²) in [6, 6.07) is 8.82. The Hall–Kier alpha value is -1.61. The number of rotatable bonds is 9. The molecular formula is C16H24N2O3. The second-order valence-electron chi connectivity index (χ2n) is 5.87. The van der Waals surface area contributed by atoms with Crippen LogP contribution < -0.4 is 10.1 Å². The number of hydrogen-bond acceptors (Lipinski definition) is 5. The Morgan fingerprint density at radius 3 is 2.57 bits per heavy atom. The SMILES string of the molecule is CC(C)(CCO)CNCC(O)COc1ccc(C#N)cc1. The Labute approximate surface area is 126 Å². The van der Waals surface area contributed by atoms with Crippen LogP contribution in [0.3, 0.4) is 0 Å². The molecule has 0 aliphatic heterocycles. The van der Waals surface area contributed by atoms with Gasteiger partial charge in [0.05, 0.1) is 11.6 Å². The fourth-order valence-corrected chi connectivity index (χ4v) is 1.85. The van der Waals surface area contributed by atoms with Crippen molar-refractivity contribution in [1.29, 1.82) is 5.26 Å². The molecule has 0 saturated heterocycles. The number of nitriles is 1. The first kappa shape index (κ1) is 17.4. The molecule has 0 aromatic heterocycles. The van der Waals surface area contributed by atoms with Crippen LogP contribution in [-0.2, 0) is 0 Å². The van der Waals surface area contributed by atoms with Crippen LogP contribution in [-0.4, -0.2) is 42.6 Å². The summed E-state index contributed by atoms with van der Waals surface area (Å²) in [6.07, 6.45) is 0.114. The molecule has 0 spiro atoms. The quantitative estimate of drug-likeness (QED) is 0.638. The summed E-state index contributed by atoms with van der Waals surface area (Å²) in [5, 5.41) is 30.7. The number of nitrogens with one attached hydrogen (secondary N) is 1. The summed E-state index contributed by atoms with van der Waals surface area (Å²) in [4.78, 5) is 0. The molecule has 1 aromatic carbocycles. The van der Waals surface area contributed by atoms with Gasteiger partial charge < -0.3 is 20.3 Å². The largest absolute Gasteiger partial charge is 0.491 e. The molecule has 0 bridgehead atoms. The van der Waals surface area contributed by atoms with Crippen LogP contribution in [0.15, 0.2) is 24.3 Å². The molecule has 0 aliphatic carbocycles. The highest BCUT2D eigenvalue weighted by Gasteiger charge is 2.17. The number of hydrogen-bond donors (Lipinski definition) is 3. The van der Waals surface area contributed by atoms with Gasteiger partial charge in [0.15, 0.2) is 0 Å². The first-order chi connectivity index (χ1) is 9.96. The summed E-state index contributed by atoms with van der Waals surface area (Å²) in [6.45, 7) is 5.65. The van der Waals surface area contributed by atoms with Gasteiger partial charge in [-0.2, -0.15) is 5.26 Å². The zero-order valence-electron chi connectivity index (χ0n) is 12.7. The van der Waals surface area contributed by atoms with E-state index in [9.17, 15) is 5.11 Å². The number of benzene rings is 1. The van der Waals surface area contributed by atoms with E-state index in [1.165, 1.54) is 0 Å². The molecule has 21 heavy (non-hydrogen) atoms. The summed E-state index contributed by atoms with van der Waals surface area (Å²) < 4.78 is 5.46. The van der Waals surface area contributed by atoms with E-state index in [0.717, 1.165) is 13.0 Å². The van der Waals surface area contributed by atoms with E-state index in [-0.39, 0.29) is 18.6 Å². The number of aliphatic hydroxyl groups excluding tert-OH is 2. The molecule has 0 radical (unpaired) electrons. The first-order valence-corrected chi connectivity index (χ1v) is 7.09. The number of ether oxygens (including phenoxy) is 1. The summed E-state index contributed by atoms with van der Waals surface area (Å²) in [7, 11) is 0. The smallest absolute Gasteiger partial charge is 0.119 e. The molecule has 1 unspecified atom stereocenters. The fraction of sp³-hybridized carbons (Fsp3) is 0.562. The van der Waals surface area contributed by atoms with Gasteiger partial charge in [0, 0.05) is 19.7 Å². The topological polar surface area (TPSA) is 85.5 Å². The Bertz CT molecular complexity index is 452. The predicted octanol–water partition coefficient (Wildman–Crippen LogP) is 1.30. The lowest BCUT2D eigenvalue weighted by Crippen LogP contribution is -2.37. The zero-order valence-corrected chi connectivity index (χ0v) is 12.7. The van der Waals surface area contributed by atoms with Crippen LogP contribution in [0, 0.1) is 16.7 Å². The minimum Gasteiger partial charge on any atom is -0.491 e. The lowest BCUT2D eigenvalue weighted by molar-refractivity contribution is 0.102. The Morgan fingerprint density at radius 1 is 1.33 bits per heavy atom. The fourth-order valence-electron chi connectivity index (χ4n) is 1.85. The zero-order chi connectivity index (χ0) is 15.7. The van der Waals surface area contributed by atoms with E-state index in [2.05, 4.69) is 19.2 Å². The van der Waals surface area contributed by atoms with Crippen molar-refractivity contribution in [3.63, 3.8) is 0 Å². The maximum atomic E-state index is 9.85. The monoisotopic (exact) mass is 292 g/mol. The van der Waals surface area contributed by atoms with Crippen LogP contribution in [0.1, 0.15) is 25.8 Å². The van der Waals surface area contributed by atoms with Gasteiger partial charge in [-0.25, -0.2) is 0 Å². The van der Waals surface area contributed by atoms with Gasteiger partial charge >= 0.3 is 0 Å². The minimum atomic E-state index is -0.606. The van der Waals surface area contributed by atoms with E-state index < -0.39 is 6.10 Å². The molecular weight excluding hydrogens is 268 g/mol. The molecule has 0 saturated carbocycles. The van der Waals surface area contributed by atoms with Crippen LogP contribution in [0.25, 0.3) is 0 Å². The van der Waals surface area contributed by atoms with Crippen molar-refractivity contribution >= 4 is 0 Å². The molecule has 1 aromatic rings. The highest BCUT2D eigenvalue weighted by molar-refractivity contribution is 5.34. The van der Waals surface area contributed by atoms with E-state index in [1.54, 1.807) is 24.3 Å². The maximum absolute atomic E-state index is 9.85. The van der Waals surface area contributed by atoms with E-state index >= 15 is 0 Å². The van der Waals surface area contributed by atoms with Gasteiger partial charge in [0.1, 0.15) is 18.5 Å². The maximum Gasteiger partial charge on any atom is 0.119 e. The van der Waals surface area contributed by atoms with Crippen molar-refractivity contribution in [3.05, 3.63) is 29.8 Å². The average Bonchev–Trinajstić information content (AvgIpc) is 2.45. The molecule has 5 nitrogen and oxygen atoms in total. The first-order valence-electron chi connectivity index (χ1n) is 7.09. The Balaban J connectivity index is 2.24. The van der Waals surface area contributed by atoms with Gasteiger partial charge in [0.2, 0.25) is 0 Å². The molecule has 0 heterocycles. The third kappa shape index (κ3) is 7.09. The molecule has 1 rings (SSSR count). The summed E-state index contributed by atoms with van der Waals surface area (Å²) in [5.41, 5.74) is 0.582. The van der Waals surface area contributed by atoms with Crippen molar-refractivity contribution in [1.82, 2.24) is 5.32 Å². The number of nitrogens with zero attached hydrogens (tertiary/aromatic N) is 1. The normalized spacial score (nSPS) is 12.7. The second kappa shape index (κ2) is 8.63. The third-order valence-electron chi connectivity index (χ3n) is 3.20. The van der Waals surface area contributed by atoms with E-state index in [4.69, 9.17) is 15.1 Å². The highest BCUT2D eigenvalue weighted by atomic mass is 16.5. The average molecular weight is 292 g/mol. The van der Waals surface area contributed by atoms with Crippen LogP contribution in [0.2, 0.25) is 0 Å². The third-order valence-corrected chi connectivity index (χ3v) is 3.20. The van der Waals surface area contributed by atoms with Crippen molar-refractivity contribution in [2.24, 2.45) is 5.41 Å². The molecule has 0 aliphatic rings. The molecule has 5 heteroatoms. The van der Waals surface area contributed by atoms with E-state index in [0.29, 0.717) is 17.9 Å². The summed E-state index contributed by atoms with van der Waals surface area (Å²) in [5.74, 6) is 0.633. The van der Waals surface area contributed by atoms with Crippen LogP contribution >= 0.6 is 0 Å². The Kier molecular flexibility index (Phi) is 7.17. The predicted molar refractivity (Wildman–Crippen MR) is 81.0 cm³/mol. The number of aliphatic hydroxyl groups is 2. The molecule has 3 N–H and O–H groups in total. The standard InChI is InChI=1S/C16H24N2O3/c1-16(2,7-8-19)12-18-10-14(20)11-21-15-5-3-13(9-17)4-6-15/h3-6,14,18-20H,7-8,10-12H2,1-2H3.